The SMILES string of the molecule is CC(C)(CO)C(O)C(=O)NCCC(=O)O.O=C(O)C(O)C(O)C(O)C(O)CO.O=C(O)C(O)C(O)C(O)C(O)CO.[Ca+2].[H-].[H-].[H-].[H-].[Mg+2].[Zn]. The first-order chi connectivity index (χ1) is 18.6. The summed E-state index contributed by atoms with van der Waals surface area (Å²) in [6.45, 7) is 1.02. The molecule has 0 bridgehead atoms. The van der Waals surface area contributed by atoms with Crippen LogP contribution in [0.2, 0.25) is 0 Å². The molecule has 0 aliphatic rings. The van der Waals surface area contributed by atoms with Crippen LogP contribution in [0.3, 0.4) is 0 Å². The molecule has 0 aliphatic heterocycles. The van der Waals surface area contributed by atoms with Gasteiger partial charge in [-0.3, -0.25) is 9.59 Å². The molecule has 1 amide bonds. The van der Waals surface area contributed by atoms with Crippen LogP contribution in [0.25, 0.3) is 0 Å². The first-order valence-electron chi connectivity index (χ1n) is 11.5. The number of carboxylic acids is 3. The molecule has 0 radical (unpaired) electrons. The van der Waals surface area contributed by atoms with E-state index in [9.17, 15) is 24.3 Å². The number of aliphatic hydroxyl groups excluding tert-OH is 12. The van der Waals surface area contributed by atoms with Crippen LogP contribution in [-0.4, -0.2) is 243 Å². The number of carbonyl (C=O) groups excluding carboxylic acids is 1. The molecule has 0 spiro atoms. The summed E-state index contributed by atoms with van der Waals surface area (Å²) < 4.78 is 0. The molecular formula is C21H45CaMgNO19Zn. The van der Waals surface area contributed by atoms with Crippen molar-refractivity contribution in [3.63, 3.8) is 0 Å². The Morgan fingerprint density at radius 1 is 0.682 bits per heavy atom. The Labute approximate surface area is 315 Å². The van der Waals surface area contributed by atoms with E-state index in [4.69, 9.17) is 71.5 Å². The van der Waals surface area contributed by atoms with Crippen molar-refractivity contribution in [3.8, 4) is 0 Å². The average Bonchev–Trinajstić information content (AvgIpc) is 2.93. The summed E-state index contributed by atoms with van der Waals surface area (Å²) in [7, 11) is 0. The molecule has 9 unspecified atom stereocenters. The average molecular weight is 745 g/mol. The van der Waals surface area contributed by atoms with Crippen molar-refractivity contribution in [2.24, 2.45) is 5.41 Å². The zero-order valence-corrected chi connectivity index (χ0v) is 30.8. The van der Waals surface area contributed by atoms with Gasteiger partial charge in [0.2, 0.25) is 5.91 Å². The molecule has 44 heavy (non-hydrogen) atoms. The van der Waals surface area contributed by atoms with E-state index in [1.807, 2.05) is 0 Å². The molecule has 0 aromatic rings. The predicted octanol–water partition coefficient (Wildman–Crippen LogP) is -8.34. The Hall–Kier alpha value is 0.0494. The number of carboxylic acid groups (broad SMARTS) is 3. The minimum atomic E-state index is -2.20. The van der Waals surface area contributed by atoms with E-state index >= 15 is 0 Å². The topological polar surface area (TPSA) is 384 Å². The Morgan fingerprint density at radius 2 is 1.00 bits per heavy atom. The van der Waals surface area contributed by atoms with Gasteiger partial charge < -0.3 is 87.6 Å². The fourth-order valence-corrected chi connectivity index (χ4v) is 2.17. The third kappa shape index (κ3) is 23.4. The van der Waals surface area contributed by atoms with Crippen molar-refractivity contribution >= 4 is 84.6 Å². The van der Waals surface area contributed by atoms with Crippen LogP contribution in [0.15, 0.2) is 0 Å². The molecule has 23 heteroatoms. The number of rotatable bonds is 16. The number of carbonyl (C=O) groups is 4. The summed E-state index contributed by atoms with van der Waals surface area (Å²) in [6.07, 6.45) is -17.2. The smallest absolute Gasteiger partial charge is 1.00 e. The van der Waals surface area contributed by atoms with E-state index in [-0.39, 0.29) is 106 Å². The van der Waals surface area contributed by atoms with Crippen LogP contribution in [-0.2, 0) is 38.7 Å². The maximum atomic E-state index is 11.3. The fourth-order valence-electron chi connectivity index (χ4n) is 2.17. The molecule has 0 saturated carbocycles. The Bertz CT molecular complexity index is 782. The second-order valence-electron chi connectivity index (χ2n) is 9.01. The molecule has 0 fully saturated rings. The molecule has 16 N–H and O–H groups in total. The molecule has 0 heterocycles. The van der Waals surface area contributed by atoms with E-state index in [2.05, 4.69) is 5.32 Å². The van der Waals surface area contributed by atoms with Crippen LogP contribution in [0.4, 0.5) is 0 Å². The molecule has 0 aromatic heterocycles. The van der Waals surface area contributed by atoms with E-state index in [1.54, 1.807) is 0 Å². The number of aliphatic carboxylic acids is 3. The van der Waals surface area contributed by atoms with Gasteiger partial charge in [0.1, 0.15) is 42.7 Å². The quantitative estimate of drug-likeness (QED) is 0.0652. The Kier molecular flexibility index (Phi) is 37.4. The van der Waals surface area contributed by atoms with Gasteiger partial charge in [-0.1, -0.05) is 13.8 Å². The van der Waals surface area contributed by atoms with Crippen molar-refractivity contribution in [1.82, 2.24) is 5.32 Å². The van der Waals surface area contributed by atoms with Gasteiger partial charge in [0.25, 0.3) is 0 Å². The van der Waals surface area contributed by atoms with Gasteiger partial charge in [-0.2, -0.15) is 0 Å². The number of hydrogen-bond donors (Lipinski definition) is 16. The third-order valence-corrected chi connectivity index (χ3v) is 5.05. The standard InChI is InChI=1S/C9H17NO5.2C6H12O7.Ca.Mg.Zn.4H/c1-9(2,5-11)7(14)8(15)10-4-3-6(12)13;2*7-1-2(8)3(9)4(10)5(11)6(12)13;;;;;;;/h7,11,14H,3-5H2,1-2H3,(H,10,15)(H,12,13);2*2-5,7-11H,1H2,(H,12,13);;;;;;;/q;;;2*+2;;4*-1. The van der Waals surface area contributed by atoms with E-state index < -0.39 is 97.4 Å². The molecular weight excluding hydrogens is 700 g/mol. The summed E-state index contributed by atoms with van der Waals surface area (Å²) in [4.78, 5) is 41.6. The van der Waals surface area contributed by atoms with Gasteiger partial charge in [0.15, 0.2) is 12.2 Å². The number of nitrogens with one attached hydrogen (secondary N) is 1. The molecule has 0 aromatic carbocycles. The van der Waals surface area contributed by atoms with Gasteiger partial charge in [-0.25, -0.2) is 9.59 Å². The first kappa shape index (κ1) is 56.4. The summed E-state index contributed by atoms with van der Waals surface area (Å²) >= 11 is 0. The number of hydrogen-bond acceptors (Lipinski definition) is 16. The van der Waals surface area contributed by atoms with Gasteiger partial charge in [-0.15, -0.1) is 0 Å². The number of aliphatic hydroxyl groups is 12. The van der Waals surface area contributed by atoms with E-state index in [1.165, 1.54) is 13.8 Å². The zero-order chi connectivity index (χ0) is 33.2. The normalized spacial score (nSPS) is 16.6. The Balaban J connectivity index is -0.0000000527. The maximum Gasteiger partial charge on any atom is 2.00 e. The molecule has 20 nitrogen and oxygen atoms in total. The second kappa shape index (κ2) is 29.2. The third-order valence-electron chi connectivity index (χ3n) is 5.05. The minimum Gasteiger partial charge on any atom is -1.00 e. The molecule has 0 rings (SSSR count). The van der Waals surface area contributed by atoms with Crippen molar-refractivity contribution in [2.45, 2.75) is 75.2 Å². The van der Waals surface area contributed by atoms with Gasteiger partial charge in [0, 0.05) is 31.4 Å². The van der Waals surface area contributed by atoms with Crippen molar-refractivity contribution in [1.29, 1.82) is 0 Å². The van der Waals surface area contributed by atoms with Gasteiger partial charge in [0.05, 0.1) is 26.2 Å². The van der Waals surface area contributed by atoms with Crippen molar-refractivity contribution in [2.75, 3.05) is 26.4 Å². The second-order valence-corrected chi connectivity index (χ2v) is 9.01. The molecule has 0 saturated heterocycles. The fraction of sp³-hybridized carbons (Fsp3) is 0.810. The summed E-state index contributed by atoms with van der Waals surface area (Å²) in [6, 6.07) is 0. The summed E-state index contributed by atoms with van der Waals surface area (Å²) in [5.74, 6) is -5.14. The van der Waals surface area contributed by atoms with Crippen LogP contribution in [0.1, 0.15) is 26.0 Å². The molecule has 0 aliphatic carbocycles. The first-order valence-corrected chi connectivity index (χ1v) is 11.5. The molecule has 254 valence electrons. The Morgan fingerprint density at radius 3 is 1.23 bits per heavy atom. The minimum absolute atomic E-state index is 0. The predicted molar refractivity (Wildman–Crippen MR) is 146 cm³/mol. The van der Waals surface area contributed by atoms with Crippen LogP contribution in [0.5, 0.6) is 0 Å². The maximum absolute atomic E-state index is 11.3. The van der Waals surface area contributed by atoms with E-state index in [0.717, 1.165) is 0 Å². The summed E-state index contributed by atoms with van der Waals surface area (Å²) in [5.41, 5.74) is -0.937. The van der Waals surface area contributed by atoms with Crippen LogP contribution >= 0.6 is 0 Å². The van der Waals surface area contributed by atoms with Gasteiger partial charge >= 0.3 is 78.7 Å². The van der Waals surface area contributed by atoms with Crippen molar-refractivity contribution in [3.05, 3.63) is 0 Å². The number of amides is 1. The molecule has 9 atom stereocenters. The largest absolute Gasteiger partial charge is 2.00 e. The summed E-state index contributed by atoms with van der Waals surface area (Å²) in [5, 5.41) is 133. The zero-order valence-electron chi connectivity index (χ0n) is 28.2. The van der Waals surface area contributed by atoms with Crippen molar-refractivity contribution < 1.29 is 121 Å². The van der Waals surface area contributed by atoms with Crippen LogP contribution < -0.4 is 5.32 Å². The monoisotopic (exact) mass is 743 g/mol. The van der Waals surface area contributed by atoms with E-state index in [0.29, 0.717) is 0 Å². The van der Waals surface area contributed by atoms with Crippen LogP contribution in [0, 0.1) is 5.41 Å². The van der Waals surface area contributed by atoms with Gasteiger partial charge in [-0.05, 0) is 0 Å².